The van der Waals surface area contributed by atoms with Gasteiger partial charge in [-0.05, 0) is 70.6 Å². The number of aliphatic hydroxyl groups is 2. The molecule has 0 aromatic rings. The molecule has 382 valence electrons. The van der Waals surface area contributed by atoms with Crippen LogP contribution in [-0.2, 0) is 42.9 Å². The van der Waals surface area contributed by atoms with Crippen LogP contribution in [-0.4, -0.2) is 89.2 Å². The second-order valence-electron chi connectivity index (χ2n) is 17.4. The molecule has 1 aliphatic heterocycles. The third-order valence-corrected chi connectivity index (χ3v) is 11.3. The summed E-state index contributed by atoms with van der Waals surface area (Å²) >= 11 is 0. The number of carboxylic acid groups (broad SMARTS) is 1. The maximum absolute atomic E-state index is 13.0. The van der Waals surface area contributed by atoms with E-state index in [0.29, 0.717) is 19.3 Å². The van der Waals surface area contributed by atoms with Crippen molar-refractivity contribution in [3.05, 3.63) is 72.9 Å². The molecule has 3 N–H and O–H groups in total. The first-order valence-corrected chi connectivity index (χ1v) is 25.9. The molecule has 12 heteroatoms. The van der Waals surface area contributed by atoms with Crippen molar-refractivity contribution in [2.24, 2.45) is 0 Å². The van der Waals surface area contributed by atoms with Gasteiger partial charge < -0.3 is 39.0 Å². The zero-order valence-corrected chi connectivity index (χ0v) is 41.6. The van der Waals surface area contributed by atoms with E-state index in [9.17, 15) is 34.5 Å². The fourth-order valence-corrected chi connectivity index (χ4v) is 7.30. The molecular formula is C55H90O12. The molecule has 67 heavy (non-hydrogen) atoms. The van der Waals surface area contributed by atoms with E-state index in [4.69, 9.17) is 23.7 Å². The largest absolute Gasteiger partial charge is 0.479 e. The van der Waals surface area contributed by atoms with Crippen molar-refractivity contribution in [1.82, 2.24) is 0 Å². The Morgan fingerprint density at radius 1 is 0.507 bits per heavy atom. The first-order chi connectivity index (χ1) is 32.6. The van der Waals surface area contributed by atoms with Crippen LogP contribution in [0.1, 0.15) is 201 Å². The Morgan fingerprint density at radius 3 is 1.55 bits per heavy atom. The van der Waals surface area contributed by atoms with Crippen LogP contribution in [0, 0.1) is 0 Å². The molecule has 0 aliphatic carbocycles. The van der Waals surface area contributed by atoms with E-state index >= 15 is 0 Å². The van der Waals surface area contributed by atoms with Crippen LogP contribution in [0.4, 0.5) is 0 Å². The van der Waals surface area contributed by atoms with Crippen molar-refractivity contribution in [1.29, 1.82) is 0 Å². The van der Waals surface area contributed by atoms with E-state index in [-0.39, 0.29) is 25.9 Å². The Hall–Kier alpha value is -3.84. The average molecular weight is 943 g/mol. The number of unbranched alkanes of at least 4 members (excludes halogenated alkanes) is 16. The Balaban J connectivity index is 2.80. The van der Waals surface area contributed by atoms with Gasteiger partial charge in [0.15, 0.2) is 24.6 Å². The van der Waals surface area contributed by atoms with Gasteiger partial charge in [-0.1, -0.05) is 184 Å². The van der Waals surface area contributed by atoms with Gasteiger partial charge in [-0.3, -0.25) is 14.4 Å². The normalized spacial score (nSPS) is 19.4. The molecule has 0 amide bonds. The highest BCUT2D eigenvalue weighted by Gasteiger charge is 2.50. The highest BCUT2D eigenvalue weighted by atomic mass is 16.7. The minimum Gasteiger partial charge on any atom is -0.479 e. The van der Waals surface area contributed by atoms with E-state index in [1.807, 2.05) is 12.2 Å². The maximum atomic E-state index is 13.0. The fourth-order valence-electron chi connectivity index (χ4n) is 7.30. The summed E-state index contributed by atoms with van der Waals surface area (Å²) < 4.78 is 28.2. The van der Waals surface area contributed by atoms with Crippen LogP contribution in [0.15, 0.2) is 72.9 Å². The Labute approximate surface area is 404 Å². The fraction of sp³-hybridized carbons (Fsp3) is 0.709. The van der Waals surface area contributed by atoms with Gasteiger partial charge in [-0.25, -0.2) is 4.79 Å². The molecule has 0 radical (unpaired) electrons. The van der Waals surface area contributed by atoms with E-state index in [1.54, 1.807) is 0 Å². The summed E-state index contributed by atoms with van der Waals surface area (Å²) in [5, 5.41) is 31.3. The van der Waals surface area contributed by atoms with Crippen molar-refractivity contribution in [3.8, 4) is 0 Å². The third-order valence-electron chi connectivity index (χ3n) is 11.3. The predicted molar refractivity (Wildman–Crippen MR) is 266 cm³/mol. The van der Waals surface area contributed by atoms with Gasteiger partial charge in [0.25, 0.3) is 0 Å². The van der Waals surface area contributed by atoms with E-state index in [2.05, 4.69) is 81.5 Å². The van der Waals surface area contributed by atoms with Crippen molar-refractivity contribution in [2.45, 2.75) is 237 Å². The van der Waals surface area contributed by atoms with Crippen LogP contribution in [0.2, 0.25) is 0 Å². The number of aliphatic carboxylic acids is 1. The van der Waals surface area contributed by atoms with Gasteiger partial charge in [0.05, 0.1) is 6.61 Å². The van der Waals surface area contributed by atoms with Crippen molar-refractivity contribution in [2.75, 3.05) is 13.2 Å². The summed E-state index contributed by atoms with van der Waals surface area (Å²) in [5.74, 6) is -3.25. The highest BCUT2D eigenvalue weighted by Crippen LogP contribution is 2.26. The first kappa shape index (κ1) is 61.2. The van der Waals surface area contributed by atoms with Gasteiger partial charge in [0.2, 0.25) is 0 Å². The molecule has 0 spiro atoms. The zero-order valence-electron chi connectivity index (χ0n) is 41.6. The lowest BCUT2D eigenvalue weighted by Gasteiger charge is -2.40. The number of carbonyl (C=O) groups excluding carboxylic acids is 3. The number of esters is 3. The topological polar surface area (TPSA) is 175 Å². The monoisotopic (exact) mass is 943 g/mol. The average Bonchev–Trinajstić information content (AvgIpc) is 3.31. The van der Waals surface area contributed by atoms with Crippen molar-refractivity contribution < 1.29 is 58.2 Å². The third kappa shape index (κ3) is 34.2. The van der Waals surface area contributed by atoms with Crippen molar-refractivity contribution in [3.63, 3.8) is 0 Å². The number of hydrogen-bond acceptors (Lipinski definition) is 11. The van der Waals surface area contributed by atoms with Gasteiger partial charge in [-0.2, -0.15) is 0 Å². The van der Waals surface area contributed by atoms with Crippen LogP contribution in [0.3, 0.4) is 0 Å². The molecule has 1 aliphatic rings. The molecule has 6 unspecified atom stereocenters. The highest BCUT2D eigenvalue weighted by molar-refractivity contribution is 5.74. The minimum atomic E-state index is -1.91. The van der Waals surface area contributed by atoms with Gasteiger partial charge in [0.1, 0.15) is 18.8 Å². The molecule has 1 heterocycles. The molecule has 0 aromatic carbocycles. The van der Waals surface area contributed by atoms with Crippen LogP contribution < -0.4 is 0 Å². The standard InChI is InChI=1S/C55H90O12/c1-4-7-10-13-16-19-22-24-27-29-32-35-38-41-47(56)63-44-46(65-48(57)42-39-36-33-31-28-25-23-20-17-14-11-8-5-2)45-64-55-53(51(60)50(59)52(67-55)54(61)62)66-49(58)43-40-37-34-30-26-21-18-15-12-9-6-3/h7,10-11,14,16,19-20,23-24,27,32,35,46,50-53,55,59-60H,4-6,8-9,12-13,15,17-18,21-22,25-26,28-31,33-34,36-45H2,1-3H3,(H,61,62)/b10-7-,14-11-,19-16-,23-20-,27-24-,35-32-. The van der Waals surface area contributed by atoms with E-state index in [0.717, 1.165) is 103 Å². The SMILES string of the molecule is CC/C=C\C/C=C\C/C=C\C/C=C\CCC(=O)OCC(COC1OC(C(=O)O)C(O)C(O)C1OC(=O)CCCCCCCCCCCCC)OC(=O)CCCCCCC/C=C\C/C=C\CCC. The lowest BCUT2D eigenvalue weighted by Crippen LogP contribution is -2.61. The summed E-state index contributed by atoms with van der Waals surface area (Å²) in [6, 6.07) is 0. The van der Waals surface area contributed by atoms with Crippen LogP contribution in [0.25, 0.3) is 0 Å². The molecule has 6 atom stereocenters. The minimum absolute atomic E-state index is 0.0522. The molecule has 0 aromatic heterocycles. The van der Waals surface area contributed by atoms with Gasteiger partial charge >= 0.3 is 23.9 Å². The molecule has 0 bridgehead atoms. The summed E-state index contributed by atoms with van der Waals surface area (Å²) in [6.07, 6.45) is 40.5. The lowest BCUT2D eigenvalue weighted by molar-refractivity contribution is -0.301. The summed E-state index contributed by atoms with van der Waals surface area (Å²) in [7, 11) is 0. The Kier molecular flexibility index (Phi) is 39.7. The Bertz CT molecular complexity index is 1450. The second-order valence-corrected chi connectivity index (χ2v) is 17.4. The van der Waals surface area contributed by atoms with E-state index in [1.165, 1.54) is 38.5 Å². The molecular weight excluding hydrogens is 853 g/mol. The number of ether oxygens (including phenoxy) is 5. The maximum Gasteiger partial charge on any atom is 0.335 e. The zero-order chi connectivity index (χ0) is 49.0. The number of allylic oxidation sites excluding steroid dienone is 12. The summed E-state index contributed by atoms with van der Waals surface area (Å²) in [6.45, 7) is 5.69. The van der Waals surface area contributed by atoms with Gasteiger partial charge in [0, 0.05) is 19.3 Å². The predicted octanol–water partition coefficient (Wildman–Crippen LogP) is 12.2. The molecule has 12 nitrogen and oxygen atoms in total. The lowest BCUT2D eigenvalue weighted by atomic mass is 9.98. The second kappa shape index (κ2) is 43.4. The van der Waals surface area contributed by atoms with Crippen molar-refractivity contribution >= 4 is 23.9 Å². The van der Waals surface area contributed by atoms with Crippen LogP contribution >= 0.6 is 0 Å². The number of aliphatic hydroxyl groups excluding tert-OH is 2. The quantitative estimate of drug-likeness (QED) is 0.0229. The number of carbonyl (C=O) groups is 4. The number of carboxylic acids is 1. The molecule has 1 fully saturated rings. The smallest absolute Gasteiger partial charge is 0.335 e. The summed E-state index contributed by atoms with van der Waals surface area (Å²) in [4.78, 5) is 50.7. The number of hydrogen-bond donors (Lipinski definition) is 3. The summed E-state index contributed by atoms with van der Waals surface area (Å²) in [5.41, 5.74) is 0. The first-order valence-electron chi connectivity index (χ1n) is 25.9. The molecule has 1 rings (SSSR count). The van der Waals surface area contributed by atoms with E-state index < -0.39 is 67.3 Å². The molecule has 1 saturated heterocycles. The van der Waals surface area contributed by atoms with Gasteiger partial charge in [-0.15, -0.1) is 0 Å². The Morgan fingerprint density at radius 2 is 1.00 bits per heavy atom. The number of rotatable bonds is 42. The van der Waals surface area contributed by atoms with Crippen LogP contribution in [0.5, 0.6) is 0 Å². The molecule has 0 saturated carbocycles.